The second-order valence-electron chi connectivity index (χ2n) is 8.74. The highest BCUT2D eigenvalue weighted by Gasteiger charge is 2.19. The van der Waals surface area contributed by atoms with Gasteiger partial charge in [0.2, 0.25) is 0 Å². The summed E-state index contributed by atoms with van der Waals surface area (Å²) in [6, 6.07) is 5.39. The largest absolute Gasteiger partial charge is 0.393 e. The monoisotopic (exact) mass is 433 g/mol. The number of aliphatic hydroxyl groups is 1. The van der Waals surface area contributed by atoms with Crippen molar-refractivity contribution in [3.63, 3.8) is 0 Å². The number of hydrogen-bond donors (Lipinski definition) is 3. The number of halogens is 1. The molecule has 1 aromatic carbocycles. The van der Waals surface area contributed by atoms with E-state index in [9.17, 15) is 9.50 Å². The van der Waals surface area contributed by atoms with Gasteiger partial charge < -0.3 is 25.5 Å². The number of hydrogen-bond acceptors (Lipinski definition) is 4. The Kier molecular flexibility index (Phi) is 9.87. The lowest BCUT2D eigenvalue weighted by Gasteiger charge is -2.31. The molecule has 31 heavy (non-hydrogen) atoms. The van der Waals surface area contributed by atoms with Gasteiger partial charge in [-0.25, -0.2) is 9.38 Å². The van der Waals surface area contributed by atoms with Crippen LogP contribution >= 0.6 is 0 Å². The molecule has 2 saturated heterocycles. The molecular weight excluding hydrogens is 393 g/mol. The van der Waals surface area contributed by atoms with Crippen LogP contribution in [0.1, 0.15) is 57.4 Å². The van der Waals surface area contributed by atoms with Crippen LogP contribution in [-0.2, 0) is 6.54 Å². The second-order valence-corrected chi connectivity index (χ2v) is 8.74. The van der Waals surface area contributed by atoms with E-state index in [0.717, 1.165) is 37.6 Å². The van der Waals surface area contributed by atoms with Crippen molar-refractivity contribution in [3.05, 3.63) is 29.6 Å². The third-order valence-electron chi connectivity index (χ3n) is 6.22. The normalized spacial score (nSPS) is 19.3. The van der Waals surface area contributed by atoms with Gasteiger partial charge in [0.15, 0.2) is 5.96 Å². The SMILES string of the molecule is CCNC(=NCc1ccc(N2CCC(O)CC2)c(F)c1)NCCCN1CCCCCC1. The maximum absolute atomic E-state index is 14.7. The van der Waals surface area contributed by atoms with Gasteiger partial charge in [0.25, 0.3) is 0 Å². The van der Waals surface area contributed by atoms with Gasteiger partial charge >= 0.3 is 0 Å². The molecule has 0 unspecified atom stereocenters. The van der Waals surface area contributed by atoms with E-state index in [4.69, 9.17) is 0 Å². The van der Waals surface area contributed by atoms with Crippen molar-refractivity contribution < 1.29 is 9.50 Å². The Morgan fingerprint density at radius 2 is 1.84 bits per heavy atom. The Morgan fingerprint density at radius 1 is 1.10 bits per heavy atom. The van der Waals surface area contributed by atoms with Crippen molar-refractivity contribution in [2.45, 2.75) is 64.5 Å². The molecule has 2 aliphatic rings. The van der Waals surface area contributed by atoms with Gasteiger partial charge in [-0.05, 0) is 76.4 Å². The molecule has 0 bridgehead atoms. The van der Waals surface area contributed by atoms with Crippen LogP contribution in [0, 0.1) is 5.82 Å². The maximum atomic E-state index is 14.7. The molecule has 0 saturated carbocycles. The van der Waals surface area contributed by atoms with Crippen LogP contribution in [0.25, 0.3) is 0 Å². The Bertz CT molecular complexity index is 683. The Morgan fingerprint density at radius 3 is 2.52 bits per heavy atom. The minimum Gasteiger partial charge on any atom is -0.393 e. The van der Waals surface area contributed by atoms with Crippen LogP contribution in [0.4, 0.5) is 10.1 Å². The number of anilines is 1. The summed E-state index contributed by atoms with van der Waals surface area (Å²) in [5.41, 5.74) is 1.48. The van der Waals surface area contributed by atoms with Crippen LogP contribution in [-0.4, -0.2) is 67.9 Å². The van der Waals surface area contributed by atoms with Crippen molar-refractivity contribution in [1.82, 2.24) is 15.5 Å². The summed E-state index contributed by atoms with van der Waals surface area (Å²) < 4.78 is 14.7. The van der Waals surface area contributed by atoms with E-state index in [1.165, 1.54) is 38.8 Å². The third-order valence-corrected chi connectivity index (χ3v) is 6.22. The number of aliphatic hydroxyl groups excluding tert-OH is 1. The molecule has 6 nitrogen and oxygen atoms in total. The van der Waals surface area contributed by atoms with E-state index in [0.29, 0.717) is 38.2 Å². The lowest BCUT2D eigenvalue weighted by atomic mass is 10.1. The fraction of sp³-hybridized carbons (Fsp3) is 0.708. The molecule has 0 atom stereocenters. The quantitative estimate of drug-likeness (QED) is 0.334. The number of likely N-dealkylation sites (tertiary alicyclic amines) is 1. The molecule has 1 aromatic rings. The average Bonchev–Trinajstić information content (AvgIpc) is 3.05. The highest BCUT2D eigenvalue weighted by atomic mass is 19.1. The van der Waals surface area contributed by atoms with Crippen LogP contribution < -0.4 is 15.5 Å². The predicted molar refractivity (Wildman–Crippen MR) is 126 cm³/mol. The van der Waals surface area contributed by atoms with E-state index in [1.807, 2.05) is 17.0 Å². The second kappa shape index (κ2) is 12.9. The zero-order valence-electron chi connectivity index (χ0n) is 19.1. The van der Waals surface area contributed by atoms with E-state index >= 15 is 0 Å². The molecule has 0 spiro atoms. The lowest BCUT2D eigenvalue weighted by molar-refractivity contribution is 0.145. The number of nitrogens with zero attached hydrogens (tertiary/aromatic N) is 3. The molecule has 2 fully saturated rings. The van der Waals surface area contributed by atoms with Crippen LogP contribution in [0.5, 0.6) is 0 Å². The fourth-order valence-electron chi connectivity index (χ4n) is 4.39. The van der Waals surface area contributed by atoms with E-state index in [2.05, 4.69) is 27.4 Å². The van der Waals surface area contributed by atoms with Gasteiger partial charge in [0.1, 0.15) is 5.82 Å². The standard InChI is InChI=1S/C24H40FN5O/c1-2-26-24(27-12-7-15-29-13-5-3-4-6-14-29)28-19-20-8-9-23(22(25)18-20)30-16-10-21(31)11-17-30/h8-9,18,21,31H,2-7,10-17,19H2,1H3,(H2,26,27,28). The molecule has 174 valence electrons. The van der Waals surface area contributed by atoms with E-state index < -0.39 is 0 Å². The van der Waals surface area contributed by atoms with Crippen LogP contribution in [0.3, 0.4) is 0 Å². The van der Waals surface area contributed by atoms with Crippen molar-refractivity contribution >= 4 is 11.6 Å². The summed E-state index contributed by atoms with van der Waals surface area (Å²) >= 11 is 0. The first-order valence-corrected chi connectivity index (χ1v) is 12.1. The number of piperidine rings is 1. The van der Waals surface area contributed by atoms with Crippen molar-refractivity contribution in [2.24, 2.45) is 4.99 Å². The van der Waals surface area contributed by atoms with Gasteiger partial charge in [-0.3, -0.25) is 0 Å². The number of guanidine groups is 1. The van der Waals surface area contributed by atoms with Gasteiger partial charge in [-0.1, -0.05) is 18.9 Å². The van der Waals surface area contributed by atoms with Crippen molar-refractivity contribution in [2.75, 3.05) is 50.7 Å². The molecular formula is C24H40FN5O. The van der Waals surface area contributed by atoms with Crippen molar-refractivity contribution in [1.29, 1.82) is 0 Å². The van der Waals surface area contributed by atoms with Crippen LogP contribution in [0.2, 0.25) is 0 Å². The maximum Gasteiger partial charge on any atom is 0.191 e. The molecule has 0 aromatic heterocycles. The number of rotatable bonds is 8. The fourth-order valence-corrected chi connectivity index (χ4v) is 4.39. The molecule has 0 amide bonds. The highest BCUT2D eigenvalue weighted by molar-refractivity contribution is 5.79. The first-order chi connectivity index (χ1) is 15.2. The van der Waals surface area contributed by atoms with Crippen molar-refractivity contribution in [3.8, 4) is 0 Å². The Hall–Kier alpha value is -1.86. The van der Waals surface area contributed by atoms with Gasteiger partial charge in [0.05, 0.1) is 18.3 Å². The summed E-state index contributed by atoms with van der Waals surface area (Å²) in [5.74, 6) is 0.576. The smallest absolute Gasteiger partial charge is 0.191 e. The van der Waals surface area contributed by atoms with Gasteiger partial charge in [-0.2, -0.15) is 0 Å². The van der Waals surface area contributed by atoms with E-state index in [-0.39, 0.29) is 11.9 Å². The zero-order chi connectivity index (χ0) is 21.9. The number of nitrogens with one attached hydrogen (secondary N) is 2. The molecule has 3 rings (SSSR count). The average molecular weight is 434 g/mol. The summed E-state index contributed by atoms with van der Waals surface area (Å²) in [6.45, 7) is 9.16. The Labute approximate surface area is 186 Å². The summed E-state index contributed by atoms with van der Waals surface area (Å²) in [6.07, 6.45) is 7.62. The lowest BCUT2D eigenvalue weighted by Crippen LogP contribution is -2.39. The summed E-state index contributed by atoms with van der Waals surface area (Å²) in [4.78, 5) is 9.24. The minimum absolute atomic E-state index is 0.209. The highest BCUT2D eigenvalue weighted by Crippen LogP contribution is 2.24. The zero-order valence-corrected chi connectivity index (χ0v) is 19.1. The predicted octanol–water partition coefficient (Wildman–Crippen LogP) is 3.11. The summed E-state index contributed by atoms with van der Waals surface area (Å²) in [7, 11) is 0. The van der Waals surface area contributed by atoms with Crippen LogP contribution in [0.15, 0.2) is 23.2 Å². The topological polar surface area (TPSA) is 63.1 Å². The number of benzene rings is 1. The molecule has 2 heterocycles. The first-order valence-electron chi connectivity index (χ1n) is 12.1. The first kappa shape index (κ1) is 23.8. The molecule has 0 radical (unpaired) electrons. The molecule has 0 aliphatic carbocycles. The molecule has 3 N–H and O–H groups in total. The minimum atomic E-state index is -0.255. The molecule has 7 heteroatoms. The van der Waals surface area contributed by atoms with E-state index in [1.54, 1.807) is 6.07 Å². The summed E-state index contributed by atoms with van der Waals surface area (Å²) in [5, 5.41) is 16.4. The van der Waals surface area contributed by atoms with Gasteiger partial charge in [-0.15, -0.1) is 0 Å². The molecule has 2 aliphatic heterocycles. The third kappa shape index (κ3) is 7.96. The number of aliphatic imine (C=N–C) groups is 1. The Balaban J connectivity index is 1.47. The van der Waals surface area contributed by atoms with Gasteiger partial charge in [0, 0.05) is 26.2 Å².